The van der Waals surface area contributed by atoms with E-state index in [0.29, 0.717) is 35.3 Å². The summed E-state index contributed by atoms with van der Waals surface area (Å²) < 4.78 is 75.3. The number of hydrogen-bond acceptors (Lipinski definition) is 6. The first-order valence-electron chi connectivity index (χ1n) is 12.3. The molecule has 12 heteroatoms. The van der Waals surface area contributed by atoms with Crippen molar-refractivity contribution in [3.63, 3.8) is 0 Å². The molecule has 206 valence electrons. The van der Waals surface area contributed by atoms with Gasteiger partial charge in [-0.1, -0.05) is 18.2 Å². The third-order valence-corrected chi connectivity index (χ3v) is 6.82. The Morgan fingerprint density at radius 2 is 1.79 bits per heavy atom. The minimum Gasteiger partial charge on any atom is -0.434 e. The van der Waals surface area contributed by atoms with Gasteiger partial charge in [0.15, 0.2) is 5.82 Å². The van der Waals surface area contributed by atoms with Gasteiger partial charge in [0.25, 0.3) is 0 Å². The quantitative estimate of drug-likeness (QED) is 0.290. The van der Waals surface area contributed by atoms with Gasteiger partial charge in [-0.25, -0.2) is 15.0 Å². The summed E-state index contributed by atoms with van der Waals surface area (Å²) in [5.74, 6) is 0.578. The molecule has 0 spiro atoms. The van der Waals surface area contributed by atoms with E-state index in [4.69, 9.17) is 4.74 Å². The number of hydrogen-bond donors (Lipinski definition) is 2. The van der Waals surface area contributed by atoms with E-state index in [1.165, 1.54) is 25.2 Å². The molecule has 0 unspecified atom stereocenters. The molecular formula is C27H26F5N5O2. The molecule has 5 rings (SSSR count). The van der Waals surface area contributed by atoms with E-state index in [9.17, 15) is 27.1 Å². The van der Waals surface area contributed by atoms with Gasteiger partial charge in [0.2, 0.25) is 0 Å². The van der Waals surface area contributed by atoms with Crippen LogP contribution in [0.4, 0.5) is 22.0 Å². The zero-order chi connectivity index (χ0) is 28.1. The van der Waals surface area contributed by atoms with E-state index >= 15 is 0 Å². The Labute approximate surface area is 220 Å². The maximum absolute atomic E-state index is 14.0. The van der Waals surface area contributed by atoms with Crippen LogP contribution in [0.15, 0.2) is 48.8 Å². The Morgan fingerprint density at radius 1 is 1.08 bits per heavy atom. The van der Waals surface area contributed by atoms with Crippen LogP contribution < -0.4 is 10.1 Å². The van der Waals surface area contributed by atoms with Crippen molar-refractivity contribution in [2.45, 2.75) is 57.2 Å². The van der Waals surface area contributed by atoms with Crippen LogP contribution in [0.2, 0.25) is 0 Å². The van der Waals surface area contributed by atoms with Crippen LogP contribution in [-0.2, 0) is 12.0 Å². The molecule has 0 radical (unpaired) electrons. The lowest BCUT2D eigenvalue weighted by atomic mass is 9.92. The van der Waals surface area contributed by atoms with Crippen molar-refractivity contribution in [2.24, 2.45) is 0 Å². The summed E-state index contributed by atoms with van der Waals surface area (Å²) in [5.41, 5.74) is 1.26. The Hall–Kier alpha value is -3.64. The van der Waals surface area contributed by atoms with E-state index in [1.807, 2.05) is 12.1 Å². The number of halogens is 5. The average molecular weight is 548 g/mol. The van der Waals surface area contributed by atoms with E-state index in [-0.39, 0.29) is 22.7 Å². The zero-order valence-corrected chi connectivity index (χ0v) is 21.3. The number of ether oxygens (including phenoxy) is 1. The lowest BCUT2D eigenvalue weighted by molar-refractivity contribution is -0.156. The van der Waals surface area contributed by atoms with Crippen LogP contribution in [0, 0.1) is 0 Å². The Bertz CT molecular complexity index is 1500. The average Bonchev–Trinajstić information content (AvgIpc) is 3.42. The molecule has 3 heterocycles. The predicted octanol–water partition coefficient (Wildman–Crippen LogP) is 5.68. The molecule has 0 saturated carbocycles. The molecule has 1 aliphatic heterocycles. The molecule has 0 amide bonds. The number of benzene rings is 2. The lowest BCUT2D eigenvalue weighted by Crippen LogP contribution is -2.33. The zero-order valence-electron chi connectivity index (χ0n) is 21.3. The Morgan fingerprint density at radius 3 is 2.41 bits per heavy atom. The van der Waals surface area contributed by atoms with Crippen LogP contribution in [0.5, 0.6) is 5.75 Å². The third kappa shape index (κ3) is 5.06. The summed E-state index contributed by atoms with van der Waals surface area (Å²) in [6.07, 6.45) is -0.725. The summed E-state index contributed by atoms with van der Waals surface area (Å²) in [5, 5.41) is 12.4. The molecule has 2 aromatic heterocycles. The number of alkyl halides is 5. The van der Waals surface area contributed by atoms with Gasteiger partial charge in [-0.2, -0.15) is 22.0 Å². The fourth-order valence-electron chi connectivity index (χ4n) is 5.17. The smallest absolute Gasteiger partial charge is 0.407 e. The maximum atomic E-state index is 14.0. The summed E-state index contributed by atoms with van der Waals surface area (Å²) in [6, 6.07) is 6.44. The summed E-state index contributed by atoms with van der Waals surface area (Å²) in [6.45, 7) is -0.0624. The van der Waals surface area contributed by atoms with Crippen molar-refractivity contribution >= 4 is 11.0 Å². The van der Waals surface area contributed by atoms with E-state index in [0.717, 1.165) is 5.56 Å². The lowest BCUT2D eigenvalue weighted by Gasteiger charge is -2.27. The Kier molecular flexibility index (Phi) is 6.79. The number of rotatable bonds is 7. The molecule has 0 aliphatic carbocycles. The molecular weight excluding hydrogens is 521 g/mol. The van der Waals surface area contributed by atoms with Crippen molar-refractivity contribution in [3.8, 4) is 16.9 Å². The topological polar surface area (TPSA) is 85.1 Å². The van der Waals surface area contributed by atoms with Gasteiger partial charge in [-0.3, -0.25) is 0 Å². The number of nitrogens with zero attached hydrogens (tertiary/aromatic N) is 4. The van der Waals surface area contributed by atoms with Crippen LogP contribution in [0.3, 0.4) is 0 Å². The second-order valence-electron chi connectivity index (χ2n) is 9.91. The molecule has 2 atom stereocenters. The highest BCUT2D eigenvalue weighted by Gasteiger charge is 2.43. The van der Waals surface area contributed by atoms with Crippen LogP contribution in [0.25, 0.3) is 22.2 Å². The van der Waals surface area contributed by atoms with Gasteiger partial charge in [-0.05, 0) is 56.6 Å². The predicted molar refractivity (Wildman–Crippen MR) is 133 cm³/mol. The van der Waals surface area contributed by atoms with Gasteiger partial charge >= 0.3 is 12.8 Å². The van der Waals surface area contributed by atoms with Crippen molar-refractivity contribution in [3.05, 3.63) is 71.6 Å². The van der Waals surface area contributed by atoms with Crippen molar-refractivity contribution in [2.75, 3.05) is 7.05 Å². The van der Waals surface area contributed by atoms with Crippen LogP contribution >= 0.6 is 0 Å². The summed E-state index contributed by atoms with van der Waals surface area (Å²) in [7, 11) is 1.17. The molecule has 1 aliphatic rings. The van der Waals surface area contributed by atoms with Gasteiger partial charge in [-0.15, -0.1) is 0 Å². The second kappa shape index (κ2) is 9.83. The first kappa shape index (κ1) is 26.9. The molecule has 0 saturated heterocycles. The van der Waals surface area contributed by atoms with Crippen LogP contribution in [-0.4, -0.2) is 44.5 Å². The first-order chi connectivity index (χ1) is 18.4. The van der Waals surface area contributed by atoms with Crippen molar-refractivity contribution in [1.29, 1.82) is 0 Å². The van der Waals surface area contributed by atoms with Gasteiger partial charge in [0.05, 0.1) is 17.1 Å². The highest BCUT2D eigenvalue weighted by atomic mass is 19.4. The number of aliphatic hydroxyl groups is 1. The molecule has 0 fully saturated rings. The Balaban J connectivity index is 1.65. The van der Waals surface area contributed by atoms with Gasteiger partial charge < -0.3 is 19.7 Å². The summed E-state index contributed by atoms with van der Waals surface area (Å²) in [4.78, 5) is 13.2. The number of nitrogens with one attached hydrogen (secondary N) is 1. The van der Waals surface area contributed by atoms with Crippen LogP contribution in [0.1, 0.15) is 55.1 Å². The molecule has 2 N–H and O–H groups in total. The number of fused-ring (bicyclic) bond motifs is 3. The minimum absolute atomic E-state index is 0.0378. The fraction of sp³-hybridized carbons (Fsp3) is 0.370. The van der Waals surface area contributed by atoms with E-state index in [2.05, 4.69) is 20.3 Å². The standard InChI is InChI=1S/C27H26F5N5O2/c1-26(2,38)24-34-12-15(13-35-24)14-7-8-17-19(11-14)37-18(9-10-21(37)36-17)22-16(23(33-3)27(30,31)32)5-4-6-20(22)39-25(28)29/h4-8,11-13,18,23,25,33,38H,9-10H2,1-3H3/t18-,23-/m1/s1. The van der Waals surface area contributed by atoms with Crippen molar-refractivity contribution in [1.82, 2.24) is 24.8 Å². The highest BCUT2D eigenvalue weighted by molar-refractivity contribution is 5.83. The second-order valence-corrected chi connectivity index (χ2v) is 9.91. The summed E-state index contributed by atoms with van der Waals surface area (Å²) >= 11 is 0. The fourth-order valence-corrected chi connectivity index (χ4v) is 5.17. The molecule has 4 aromatic rings. The van der Waals surface area contributed by atoms with Gasteiger partial charge in [0.1, 0.15) is 23.2 Å². The van der Waals surface area contributed by atoms with E-state index < -0.39 is 30.5 Å². The maximum Gasteiger partial charge on any atom is 0.407 e. The molecule has 2 aromatic carbocycles. The highest BCUT2D eigenvalue weighted by Crippen LogP contribution is 2.46. The van der Waals surface area contributed by atoms with Gasteiger partial charge in [0, 0.05) is 29.9 Å². The molecule has 0 bridgehead atoms. The van der Waals surface area contributed by atoms with Crippen molar-refractivity contribution < 1.29 is 31.8 Å². The molecule has 39 heavy (non-hydrogen) atoms. The first-order valence-corrected chi connectivity index (χ1v) is 12.3. The monoisotopic (exact) mass is 547 g/mol. The number of aryl methyl sites for hydroxylation is 1. The normalized spacial score (nSPS) is 16.6. The number of imidazole rings is 1. The number of aromatic nitrogens is 4. The third-order valence-electron chi connectivity index (χ3n) is 6.82. The SMILES string of the molecule is CN[C@H](c1cccc(OC(F)F)c1[C@H]1CCc2nc3ccc(-c4cnc(C(C)(C)O)nc4)cc3n21)C(F)(F)F. The van der Waals surface area contributed by atoms with E-state index in [1.54, 1.807) is 36.9 Å². The molecule has 7 nitrogen and oxygen atoms in total. The largest absolute Gasteiger partial charge is 0.434 e. The minimum atomic E-state index is -4.67.